The van der Waals surface area contributed by atoms with Gasteiger partial charge in [-0.3, -0.25) is 0 Å². The van der Waals surface area contributed by atoms with Crippen LogP contribution in [0.1, 0.15) is 32.6 Å². The highest BCUT2D eigenvalue weighted by Crippen LogP contribution is 2.37. The van der Waals surface area contributed by atoms with Crippen LogP contribution in [0.2, 0.25) is 0 Å². The van der Waals surface area contributed by atoms with Crippen LogP contribution in [-0.2, 0) is 23.7 Å². The van der Waals surface area contributed by atoms with Gasteiger partial charge in [-0.2, -0.15) is 0 Å². The normalized spacial score (nSPS) is 33.3. The third-order valence-corrected chi connectivity index (χ3v) is 4.02. The standard InChI is InChI=1S/C14H26O5/c1-13(5-4-7-17-9-12-10-18-12)11-14(15-2,16-3)6-8-19-13/h12H,4-11H2,1-3H3. The zero-order valence-electron chi connectivity index (χ0n) is 12.3. The third-order valence-electron chi connectivity index (χ3n) is 4.02. The number of rotatable bonds is 8. The Kier molecular flexibility index (Phi) is 5.20. The molecular weight excluding hydrogens is 248 g/mol. The van der Waals surface area contributed by atoms with E-state index in [0.29, 0.717) is 12.7 Å². The average Bonchev–Trinajstić information content (AvgIpc) is 3.22. The molecule has 2 atom stereocenters. The SMILES string of the molecule is COC1(OC)CCOC(C)(CCCOCC2CO2)C1. The van der Waals surface area contributed by atoms with Gasteiger partial charge in [0.05, 0.1) is 25.4 Å². The molecule has 2 heterocycles. The molecule has 0 aromatic rings. The summed E-state index contributed by atoms with van der Waals surface area (Å²) in [5.74, 6) is -0.490. The second-order valence-corrected chi connectivity index (χ2v) is 5.68. The first-order valence-electron chi connectivity index (χ1n) is 7.05. The van der Waals surface area contributed by atoms with Gasteiger partial charge in [0.15, 0.2) is 5.79 Å². The number of methoxy groups -OCH3 is 2. The molecule has 2 rings (SSSR count). The second-order valence-electron chi connectivity index (χ2n) is 5.68. The monoisotopic (exact) mass is 274 g/mol. The van der Waals surface area contributed by atoms with Crippen molar-refractivity contribution in [1.29, 1.82) is 0 Å². The first kappa shape index (κ1) is 15.2. The van der Waals surface area contributed by atoms with Crippen molar-refractivity contribution in [2.45, 2.75) is 50.1 Å². The van der Waals surface area contributed by atoms with E-state index >= 15 is 0 Å². The Bertz CT molecular complexity index is 275. The molecule has 5 heteroatoms. The lowest BCUT2D eigenvalue weighted by molar-refractivity contribution is -0.277. The van der Waals surface area contributed by atoms with Crippen molar-refractivity contribution in [1.82, 2.24) is 0 Å². The van der Waals surface area contributed by atoms with Crippen molar-refractivity contribution >= 4 is 0 Å². The summed E-state index contributed by atoms with van der Waals surface area (Å²) in [7, 11) is 3.40. The van der Waals surface area contributed by atoms with E-state index < -0.39 is 5.79 Å². The van der Waals surface area contributed by atoms with E-state index in [0.717, 1.165) is 45.5 Å². The van der Waals surface area contributed by atoms with E-state index in [4.69, 9.17) is 23.7 Å². The fourth-order valence-electron chi connectivity index (χ4n) is 2.68. The molecule has 0 aliphatic carbocycles. The predicted molar refractivity (Wildman–Crippen MR) is 70.1 cm³/mol. The molecule has 2 unspecified atom stereocenters. The molecule has 0 spiro atoms. The van der Waals surface area contributed by atoms with Crippen LogP contribution < -0.4 is 0 Å². The Morgan fingerprint density at radius 2 is 2.00 bits per heavy atom. The number of ether oxygens (including phenoxy) is 5. The van der Waals surface area contributed by atoms with Gasteiger partial charge >= 0.3 is 0 Å². The topological polar surface area (TPSA) is 49.5 Å². The smallest absolute Gasteiger partial charge is 0.172 e. The van der Waals surface area contributed by atoms with Crippen molar-refractivity contribution in [3.05, 3.63) is 0 Å². The first-order chi connectivity index (χ1) is 9.11. The maximum atomic E-state index is 5.92. The molecule has 0 saturated carbocycles. The highest BCUT2D eigenvalue weighted by Gasteiger charge is 2.43. The van der Waals surface area contributed by atoms with E-state index in [1.54, 1.807) is 14.2 Å². The quantitative estimate of drug-likeness (QED) is 0.383. The fourth-order valence-corrected chi connectivity index (χ4v) is 2.68. The summed E-state index contributed by atoms with van der Waals surface area (Å²) < 4.78 is 27.7. The molecule has 112 valence electrons. The lowest BCUT2D eigenvalue weighted by atomic mass is 9.87. The van der Waals surface area contributed by atoms with Gasteiger partial charge in [0.2, 0.25) is 0 Å². The van der Waals surface area contributed by atoms with Crippen molar-refractivity contribution in [3.8, 4) is 0 Å². The molecule has 0 aromatic heterocycles. The van der Waals surface area contributed by atoms with Crippen molar-refractivity contribution in [2.75, 3.05) is 40.6 Å². The molecular formula is C14H26O5. The zero-order valence-corrected chi connectivity index (χ0v) is 12.3. The molecule has 0 radical (unpaired) electrons. The molecule has 2 aliphatic heterocycles. The molecule has 2 saturated heterocycles. The van der Waals surface area contributed by atoms with Crippen molar-refractivity contribution in [2.24, 2.45) is 0 Å². The van der Waals surface area contributed by atoms with E-state index in [9.17, 15) is 0 Å². The van der Waals surface area contributed by atoms with Crippen LogP contribution in [0.4, 0.5) is 0 Å². The number of hydrogen-bond donors (Lipinski definition) is 0. The Hall–Kier alpha value is -0.200. The van der Waals surface area contributed by atoms with Crippen molar-refractivity contribution < 1.29 is 23.7 Å². The largest absolute Gasteiger partial charge is 0.379 e. The summed E-state index contributed by atoms with van der Waals surface area (Å²) in [6, 6.07) is 0. The van der Waals surface area contributed by atoms with Gasteiger partial charge in [0.25, 0.3) is 0 Å². The highest BCUT2D eigenvalue weighted by molar-refractivity contribution is 4.88. The van der Waals surface area contributed by atoms with Gasteiger partial charge in [-0.05, 0) is 19.8 Å². The molecule has 0 N–H and O–H groups in total. The lowest BCUT2D eigenvalue weighted by Gasteiger charge is -2.44. The van der Waals surface area contributed by atoms with Gasteiger partial charge in [-0.15, -0.1) is 0 Å². The zero-order chi connectivity index (χ0) is 13.8. The van der Waals surface area contributed by atoms with Crippen LogP contribution in [0, 0.1) is 0 Å². The molecule has 0 aromatic carbocycles. The van der Waals surface area contributed by atoms with Crippen LogP contribution in [0.25, 0.3) is 0 Å². The van der Waals surface area contributed by atoms with Crippen LogP contribution in [0.5, 0.6) is 0 Å². The van der Waals surface area contributed by atoms with E-state index in [-0.39, 0.29) is 5.60 Å². The molecule has 2 fully saturated rings. The molecule has 2 aliphatic rings. The first-order valence-corrected chi connectivity index (χ1v) is 7.05. The van der Waals surface area contributed by atoms with E-state index in [1.165, 1.54) is 0 Å². The average molecular weight is 274 g/mol. The Labute approximate surface area is 115 Å². The summed E-state index contributed by atoms with van der Waals surface area (Å²) in [6.45, 7) is 5.13. The summed E-state index contributed by atoms with van der Waals surface area (Å²) in [4.78, 5) is 0. The van der Waals surface area contributed by atoms with E-state index in [1.807, 2.05) is 0 Å². The minimum Gasteiger partial charge on any atom is -0.379 e. The molecule has 0 amide bonds. The van der Waals surface area contributed by atoms with Crippen LogP contribution in [-0.4, -0.2) is 58.1 Å². The Balaban J connectivity index is 1.70. The van der Waals surface area contributed by atoms with Gasteiger partial charge in [-0.25, -0.2) is 0 Å². The van der Waals surface area contributed by atoms with Crippen LogP contribution >= 0.6 is 0 Å². The minimum absolute atomic E-state index is 0.191. The number of epoxide rings is 1. The van der Waals surface area contributed by atoms with Gasteiger partial charge < -0.3 is 23.7 Å². The van der Waals surface area contributed by atoms with Gasteiger partial charge in [0, 0.05) is 33.7 Å². The van der Waals surface area contributed by atoms with Gasteiger partial charge in [-0.1, -0.05) is 0 Å². The molecule has 5 nitrogen and oxygen atoms in total. The van der Waals surface area contributed by atoms with Gasteiger partial charge in [0.1, 0.15) is 6.10 Å². The lowest BCUT2D eigenvalue weighted by Crippen LogP contribution is -2.49. The minimum atomic E-state index is -0.490. The Morgan fingerprint density at radius 1 is 1.26 bits per heavy atom. The summed E-state index contributed by atoms with van der Waals surface area (Å²) in [5.41, 5.74) is -0.191. The fraction of sp³-hybridized carbons (Fsp3) is 1.00. The molecule has 19 heavy (non-hydrogen) atoms. The maximum absolute atomic E-state index is 5.92. The maximum Gasteiger partial charge on any atom is 0.172 e. The van der Waals surface area contributed by atoms with Crippen LogP contribution in [0.15, 0.2) is 0 Å². The third kappa shape index (κ3) is 4.39. The van der Waals surface area contributed by atoms with Crippen molar-refractivity contribution in [3.63, 3.8) is 0 Å². The molecule has 0 bridgehead atoms. The predicted octanol–water partition coefficient (Wildman–Crippen LogP) is 1.74. The summed E-state index contributed by atoms with van der Waals surface area (Å²) in [6.07, 6.45) is 3.82. The highest BCUT2D eigenvalue weighted by atomic mass is 16.7. The second kappa shape index (κ2) is 6.50. The van der Waals surface area contributed by atoms with E-state index in [2.05, 4.69) is 6.92 Å². The Morgan fingerprint density at radius 3 is 2.63 bits per heavy atom. The number of hydrogen-bond acceptors (Lipinski definition) is 5. The van der Waals surface area contributed by atoms with Crippen LogP contribution in [0.3, 0.4) is 0 Å². The summed E-state index contributed by atoms with van der Waals surface area (Å²) in [5, 5.41) is 0. The summed E-state index contributed by atoms with van der Waals surface area (Å²) >= 11 is 0.